The molecule has 1 aliphatic heterocycles. The number of carbonyl (C=O) groups is 1. The number of aromatic nitrogens is 2. The molecule has 1 saturated heterocycles. The molecule has 2 heterocycles. The summed E-state index contributed by atoms with van der Waals surface area (Å²) in [7, 11) is 1.68. The van der Waals surface area contributed by atoms with Gasteiger partial charge >= 0.3 is 0 Å². The summed E-state index contributed by atoms with van der Waals surface area (Å²) in [6, 6.07) is 18.0. The van der Waals surface area contributed by atoms with Crippen LogP contribution in [0.3, 0.4) is 0 Å². The number of amides is 1. The molecule has 1 aliphatic rings. The van der Waals surface area contributed by atoms with Crippen molar-refractivity contribution in [3.63, 3.8) is 0 Å². The van der Waals surface area contributed by atoms with Gasteiger partial charge in [-0.15, -0.1) is 0 Å². The van der Waals surface area contributed by atoms with Crippen LogP contribution in [0.4, 0.5) is 0 Å². The molecule has 156 valence electrons. The van der Waals surface area contributed by atoms with Crippen LogP contribution in [0.15, 0.2) is 60.8 Å². The first-order valence-electron chi connectivity index (χ1n) is 10.5. The molecule has 0 radical (unpaired) electrons. The zero-order chi connectivity index (χ0) is 20.9. The summed E-state index contributed by atoms with van der Waals surface area (Å²) in [4.78, 5) is 14.3. The van der Waals surface area contributed by atoms with Crippen LogP contribution in [0.5, 0.6) is 5.75 Å². The average molecular weight is 406 g/mol. The first kappa shape index (κ1) is 20.2. The van der Waals surface area contributed by atoms with E-state index in [4.69, 9.17) is 4.74 Å². The van der Waals surface area contributed by atoms with Crippen molar-refractivity contribution in [2.24, 2.45) is 0 Å². The Morgan fingerprint density at radius 3 is 2.40 bits per heavy atom. The first-order valence-corrected chi connectivity index (χ1v) is 10.5. The van der Waals surface area contributed by atoms with Gasteiger partial charge in [-0.25, -0.2) is 4.68 Å². The number of ether oxygens (including phenoxy) is 1. The van der Waals surface area contributed by atoms with E-state index in [0.29, 0.717) is 12.1 Å². The zero-order valence-electron chi connectivity index (χ0n) is 17.6. The Labute approximate surface area is 177 Å². The van der Waals surface area contributed by atoms with Gasteiger partial charge in [0.25, 0.3) is 5.91 Å². The minimum atomic E-state index is -0.0455. The number of rotatable bonds is 7. The van der Waals surface area contributed by atoms with Crippen LogP contribution in [0.1, 0.15) is 40.5 Å². The molecule has 6 heteroatoms. The molecule has 1 fully saturated rings. The average Bonchev–Trinajstić information content (AvgIpc) is 3.46. The van der Waals surface area contributed by atoms with Crippen LogP contribution in [0, 0.1) is 6.92 Å². The standard InChI is InChI=1S/C24H28N4O2/c1-18-13-14-26-28(18)21-9-5-20(6-10-21)24(29)25-17-23(27-15-3-4-16-27)19-7-11-22(30-2)12-8-19/h5-14,23H,3-4,15-17H2,1-2H3,(H,25,29)/p+1/t23-/m1/s1. The summed E-state index contributed by atoms with van der Waals surface area (Å²) in [6.07, 6.45) is 4.25. The summed E-state index contributed by atoms with van der Waals surface area (Å²) < 4.78 is 7.15. The summed E-state index contributed by atoms with van der Waals surface area (Å²) in [6.45, 7) is 4.91. The van der Waals surface area contributed by atoms with Crippen molar-refractivity contribution in [3.8, 4) is 11.4 Å². The lowest BCUT2D eigenvalue weighted by atomic mass is 10.0. The van der Waals surface area contributed by atoms with Crippen molar-refractivity contribution in [2.45, 2.75) is 25.8 Å². The maximum absolute atomic E-state index is 12.8. The number of nitrogens with zero attached hydrogens (tertiary/aromatic N) is 2. The van der Waals surface area contributed by atoms with Gasteiger partial charge in [0.2, 0.25) is 0 Å². The number of nitrogens with one attached hydrogen (secondary N) is 2. The summed E-state index contributed by atoms with van der Waals surface area (Å²) in [5.74, 6) is 0.807. The van der Waals surface area contributed by atoms with Crippen LogP contribution in [-0.2, 0) is 0 Å². The van der Waals surface area contributed by atoms with Crippen LogP contribution in [-0.4, -0.2) is 42.4 Å². The molecule has 0 spiro atoms. The summed E-state index contributed by atoms with van der Waals surface area (Å²) in [5.41, 5.74) is 3.90. The topological polar surface area (TPSA) is 60.6 Å². The highest BCUT2D eigenvalue weighted by Gasteiger charge is 2.28. The first-order chi connectivity index (χ1) is 14.7. The highest BCUT2D eigenvalue weighted by molar-refractivity contribution is 5.94. The molecule has 0 bridgehead atoms. The maximum atomic E-state index is 12.8. The molecule has 0 saturated carbocycles. The van der Waals surface area contributed by atoms with E-state index in [0.717, 1.165) is 30.2 Å². The zero-order valence-corrected chi connectivity index (χ0v) is 17.6. The highest BCUT2D eigenvalue weighted by atomic mass is 16.5. The van der Waals surface area contributed by atoms with Crippen LogP contribution in [0.2, 0.25) is 0 Å². The highest BCUT2D eigenvalue weighted by Crippen LogP contribution is 2.17. The summed E-state index contributed by atoms with van der Waals surface area (Å²) >= 11 is 0. The van der Waals surface area contributed by atoms with Gasteiger partial charge < -0.3 is 15.0 Å². The SMILES string of the molecule is COc1ccc([C@@H](CNC(=O)c2ccc(-n3nccc3C)cc2)[NH+]2CCCC2)cc1. The number of aryl methyl sites for hydroxylation is 1. The normalized spacial score (nSPS) is 15.1. The largest absolute Gasteiger partial charge is 0.497 e. The van der Waals surface area contributed by atoms with Gasteiger partial charge in [0, 0.05) is 35.9 Å². The Morgan fingerprint density at radius 1 is 1.10 bits per heavy atom. The van der Waals surface area contributed by atoms with E-state index in [9.17, 15) is 4.79 Å². The van der Waals surface area contributed by atoms with E-state index < -0.39 is 0 Å². The van der Waals surface area contributed by atoms with Gasteiger partial charge in [-0.2, -0.15) is 5.10 Å². The van der Waals surface area contributed by atoms with Crippen molar-refractivity contribution < 1.29 is 14.4 Å². The fourth-order valence-electron chi connectivity index (χ4n) is 4.20. The third-order valence-corrected chi connectivity index (χ3v) is 5.93. The molecule has 4 rings (SSSR count). The molecule has 3 aromatic rings. The molecule has 0 unspecified atom stereocenters. The van der Waals surface area contributed by atoms with E-state index in [1.165, 1.54) is 23.3 Å². The molecular weight excluding hydrogens is 376 g/mol. The lowest BCUT2D eigenvalue weighted by Crippen LogP contribution is -3.11. The van der Waals surface area contributed by atoms with Crippen molar-refractivity contribution in [1.82, 2.24) is 15.1 Å². The molecule has 1 aromatic heterocycles. The molecule has 1 amide bonds. The molecule has 0 aliphatic carbocycles. The molecular formula is C24H29N4O2+. The molecule has 6 nitrogen and oxygen atoms in total. The number of benzene rings is 2. The number of carbonyl (C=O) groups excluding carboxylic acids is 1. The van der Waals surface area contributed by atoms with E-state index in [1.807, 2.05) is 54.1 Å². The third kappa shape index (κ3) is 4.39. The molecule has 2 aromatic carbocycles. The van der Waals surface area contributed by atoms with Crippen molar-refractivity contribution in [3.05, 3.63) is 77.6 Å². The lowest BCUT2D eigenvalue weighted by molar-refractivity contribution is -0.918. The third-order valence-electron chi connectivity index (χ3n) is 5.93. The van der Waals surface area contributed by atoms with Crippen molar-refractivity contribution in [1.29, 1.82) is 0 Å². The number of hydrogen-bond donors (Lipinski definition) is 2. The quantitative estimate of drug-likeness (QED) is 0.634. The summed E-state index contributed by atoms with van der Waals surface area (Å²) in [5, 5.41) is 7.47. The van der Waals surface area contributed by atoms with Crippen LogP contribution >= 0.6 is 0 Å². The van der Waals surface area contributed by atoms with Gasteiger partial charge in [0.05, 0.1) is 32.4 Å². The Hall–Kier alpha value is -3.12. The van der Waals surface area contributed by atoms with Gasteiger partial charge in [0.15, 0.2) is 0 Å². The predicted molar refractivity (Wildman–Crippen MR) is 116 cm³/mol. The van der Waals surface area contributed by atoms with Crippen molar-refractivity contribution >= 4 is 5.91 Å². The maximum Gasteiger partial charge on any atom is 0.251 e. The van der Waals surface area contributed by atoms with E-state index in [1.54, 1.807) is 13.3 Å². The van der Waals surface area contributed by atoms with E-state index >= 15 is 0 Å². The Morgan fingerprint density at radius 2 is 1.80 bits per heavy atom. The van der Waals surface area contributed by atoms with Gasteiger partial charge in [-0.3, -0.25) is 4.79 Å². The fraction of sp³-hybridized carbons (Fsp3) is 0.333. The molecule has 30 heavy (non-hydrogen) atoms. The lowest BCUT2D eigenvalue weighted by Gasteiger charge is -2.25. The minimum absolute atomic E-state index is 0.0455. The second kappa shape index (κ2) is 9.13. The minimum Gasteiger partial charge on any atom is -0.497 e. The van der Waals surface area contributed by atoms with Gasteiger partial charge in [0.1, 0.15) is 11.8 Å². The van der Waals surface area contributed by atoms with Gasteiger partial charge in [-0.05, 0) is 61.5 Å². The predicted octanol–water partition coefficient (Wildman–Crippen LogP) is 2.34. The Kier molecular flexibility index (Phi) is 6.14. The monoisotopic (exact) mass is 405 g/mol. The van der Waals surface area contributed by atoms with Gasteiger partial charge in [-0.1, -0.05) is 0 Å². The number of methoxy groups -OCH3 is 1. The second-order valence-electron chi connectivity index (χ2n) is 7.83. The molecule has 2 N–H and O–H groups in total. The van der Waals surface area contributed by atoms with E-state index in [-0.39, 0.29) is 11.9 Å². The Bertz CT molecular complexity index is 973. The Balaban J connectivity index is 1.44. The number of hydrogen-bond acceptors (Lipinski definition) is 3. The van der Waals surface area contributed by atoms with E-state index in [2.05, 4.69) is 22.5 Å². The van der Waals surface area contributed by atoms with Crippen molar-refractivity contribution in [2.75, 3.05) is 26.7 Å². The number of quaternary nitrogens is 1. The second-order valence-corrected chi connectivity index (χ2v) is 7.83. The molecule has 1 atom stereocenters. The smallest absolute Gasteiger partial charge is 0.251 e. The van der Waals surface area contributed by atoms with Crippen LogP contribution < -0.4 is 15.0 Å². The fourth-order valence-corrected chi connectivity index (χ4v) is 4.20. The van der Waals surface area contributed by atoms with Crippen LogP contribution in [0.25, 0.3) is 5.69 Å². The number of likely N-dealkylation sites (tertiary alicyclic amines) is 1.